The monoisotopic (exact) mass is 288 g/mol. The highest BCUT2D eigenvalue weighted by atomic mass is 32.2. The number of piperazine rings is 1. The molecule has 2 amide bonds. The topological polar surface area (TPSA) is 134 Å². The number of imide groups is 1. The van der Waals surface area contributed by atoms with Crippen LogP contribution in [0.1, 0.15) is 10.6 Å². The van der Waals surface area contributed by atoms with Crippen LogP contribution in [0.3, 0.4) is 0 Å². The van der Waals surface area contributed by atoms with Gasteiger partial charge in [0.25, 0.3) is 10.0 Å². The van der Waals surface area contributed by atoms with E-state index in [1.165, 1.54) is 0 Å². The van der Waals surface area contributed by atoms with Crippen LogP contribution in [-0.4, -0.2) is 48.7 Å². The van der Waals surface area contributed by atoms with E-state index in [-0.39, 0.29) is 0 Å². The Hall–Kier alpha value is -2.20. The fourth-order valence-corrected chi connectivity index (χ4v) is 2.75. The maximum absolute atomic E-state index is 12.0. The largest absolute Gasteiger partial charge is 0.475 e. The number of hydrogen-bond donors (Lipinski definition) is 2. The smallest absolute Gasteiger partial charge is 0.371 e. The molecule has 2 heterocycles. The van der Waals surface area contributed by atoms with E-state index in [0.29, 0.717) is 4.31 Å². The van der Waals surface area contributed by atoms with E-state index < -0.39 is 51.7 Å². The third-order valence-electron chi connectivity index (χ3n) is 2.31. The average Bonchev–Trinajstić information content (AvgIpc) is 2.77. The molecule has 0 saturated carbocycles. The number of carbonyl (C=O) groups is 3. The Morgan fingerprint density at radius 2 is 1.84 bits per heavy atom. The summed E-state index contributed by atoms with van der Waals surface area (Å²) in [4.78, 5) is 32.8. The summed E-state index contributed by atoms with van der Waals surface area (Å²) in [6.45, 7) is -1.06. The van der Waals surface area contributed by atoms with Gasteiger partial charge in [0, 0.05) is 0 Å². The standard InChI is InChI=1S/C9H8N2O7S/c12-6-3-11(4-7(13)10-6)19(16,17)8-2-1-5(18-8)9(14)15/h1-2H,3-4H2,(H,14,15)(H,10,12,13). The normalized spacial score (nSPS) is 17.3. The van der Waals surface area contributed by atoms with Crippen molar-refractivity contribution >= 4 is 27.8 Å². The second-order valence-corrected chi connectivity index (χ2v) is 5.54. The Morgan fingerprint density at radius 1 is 1.26 bits per heavy atom. The number of carboxylic acids is 1. The van der Waals surface area contributed by atoms with Crippen LogP contribution in [-0.2, 0) is 19.6 Å². The molecule has 0 bridgehead atoms. The molecule has 102 valence electrons. The first kappa shape index (κ1) is 13.2. The molecule has 1 aliphatic rings. The van der Waals surface area contributed by atoms with Crippen LogP contribution in [0.15, 0.2) is 21.6 Å². The Bertz CT molecular complexity index is 644. The van der Waals surface area contributed by atoms with E-state index in [4.69, 9.17) is 5.11 Å². The van der Waals surface area contributed by atoms with Gasteiger partial charge in [-0.05, 0) is 12.1 Å². The van der Waals surface area contributed by atoms with E-state index in [9.17, 15) is 22.8 Å². The summed E-state index contributed by atoms with van der Waals surface area (Å²) in [5.41, 5.74) is 0. The lowest BCUT2D eigenvalue weighted by atomic mass is 10.4. The van der Waals surface area contributed by atoms with Gasteiger partial charge in [-0.25, -0.2) is 13.2 Å². The van der Waals surface area contributed by atoms with Crippen LogP contribution < -0.4 is 5.32 Å². The Balaban J connectivity index is 2.33. The van der Waals surface area contributed by atoms with Crippen molar-refractivity contribution in [3.8, 4) is 0 Å². The van der Waals surface area contributed by atoms with Gasteiger partial charge in [0.1, 0.15) is 0 Å². The fraction of sp³-hybridized carbons (Fsp3) is 0.222. The molecule has 1 fully saturated rings. The first-order valence-electron chi connectivity index (χ1n) is 4.96. The Kier molecular flexibility index (Phi) is 3.12. The molecule has 0 atom stereocenters. The number of sulfonamides is 1. The molecule has 1 aromatic rings. The van der Waals surface area contributed by atoms with Crippen molar-refractivity contribution in [1.82, 2.24) is 9.62 Å². The predicted molar refractivity (Wildman–Crippen MR) is 57.6 cm³/mol. The number of nitrogens with one attached hydrogen (secondary N) is 1. The molecule has 0 spiro atoms. The molecule has 1 aromatic heterocycles. The zero-order valence-electron chi connectivity index (χ0n) is 9.32. The van der Waals surface area contributed by atoms with Crippen molar-refractivity contribution in [3.05, 3.63) is 17.9 Å². The summed E-state index contributed by atoms with van der Waals surface area (Å²) in [7, 11) is -4.22. The van der Waals surface area contributed by atoms with Gasteiger partial charge < -0.3 is 9.52 Å². The van der Waals surface area contributed by atoms with Gasteiger partial charge in [0.15, 0.2) is 0 Å². The molecule has 19 heavy (non-hydrogen) atoms. The van der Waals surface area contributed by atoms with E-state index in [2.05, 4.69) is 4.42 Å². The number of carbonyl (C=O) groups excluding carboxylic acids is 2. The van der Waals surface area contributed by atoms with Gasteiger partial charge >= 0.3 is 5.97 Å². The number of carboxylic acid groups (broad SMARTS) is 1. The number of aromatic carboxylic acids is 1. The van der Waals surface area contributed by atoms with Crippen LogP contribution in [0.4, 0.5) is 0 Å². The van der Waals surface area contributed by atoms with Crippen molar-refractivity contribution in [2.24, 2.45) is 0 Å². The molecule has 1 aliphatic heterocycles. The number of amides is 2. The van der Waals surface area contributed by atoms with E-state index in [1.54, 1.807) is 0 Å². The van der Waals surface area contributed by atoms with Crippen LogP contribution in [0, 0.1) is 0 Å². The summed E-state index contributed by atoms with van der Waals surface area (Å²) in [5.74, 6) is -3.49. The van der Waals surface area contributed by atoms with Gasteiger partial charge in [0.2, 0.25) is 22.7 Å². The van der Waals surface area contributed by atoms with Crippen molar-refractivity contribution in [2.75, 3.05) is 13.1 Å². The summed E-state index contributed by atoms with van der Waals surface area (Å²) < 4.78 is 29.3. The van der Waals surface area contributed by atoms with Gasteiger partial charge in [-0.1, -0.05) is 0 Å². The summed E-state index contributed by atoms with van der Waals surface area (Å²) >= 11 is 0. The average molecular weight is 288 g/mol. The zero-order valence-corrected chi connectivity index (χ0v) is 10.1. The number of furan rings is 1. The van der Waals surface area contributed by atoms with Crippen LogP contribution in [0.5, 0.6) is 0 Å². The lowest BCUT2D eigenvalue weighted by Gasteiger charge is -2.23. The molecular formula is C9H8N2O7S. The SMILES string of the molecule is O=C1CN(S(=O)(=O)c2ccc(C(=O)O)o2)CC(=O)N1. The fourth-order valence-electron chi connectivity index (χ4n) is 1.48. The molecular weight excluding hydrogens is 280 g/mol. The molecule has 2 rings (SSSR count). The quantitative estimate of drug-likeness (QED) is 0.655. The summed E-state index contributed by atoms with van der Waals surface area (Å²) in [6.07, 6.45) is 0. The van der Waals surface area contributed by atoms with Crippen LogP contribution in [0.25, 0.3) is 0 Å². The minimum atomic E-state index is -4.22. The van der Waals surface area contributed by atoms with Crippen molar-refractivity contribution in [1.29, 1.82) is 0 Å². The van der Waals surface area contributed by atoms with Crippen molar-refractivity contribution < 1.29 is 32.3 Å². The predicted octanol–water partition coefficient (Wildman–Crippen LogP) is -1.38. The Morgan fingerprint density at radius 3 is 2.32 bits per heavy atom. The first-order chi connectivity index (χ1) is 8.80. The molecule has 0 unspecified atom stereocenters. The number of hydrogen-bond acceptors (Lipinski definition) is 6. The minimum absolute atomic E-state index is 0.531. The van der Waals surface area contributed by atoms with Crippen LogP contribution >= 0.6 is 0 Å². The van der Waals surface area contributed by atoms with Crippen molar-refractivity contribution in [3.63, 3.8) is 0 Å². The molecule has 10 heteroatoms. The van der Waals surface area contributed by atoms with E-state index in [0.717, 1.165) is 12.1 Å². The van der Waals surface area contributed by atoms with E-state index >= 15 is 0 Å². The van der Waals surface area contributed by atoms with E-state index in [1.807, 2.05) is 5.32 Å². The third-order valence-corrected chi connectivity index (χ3v) is 3.97. The lowest BCUT2D eigenvalue weighted by Crippen LogP contribution is -2.53. The van der Waals surface area contributed by atoms with Gasteiger partial charge in [-0.15, -0.1) is 0 Å². The van der Waals surface area contributed by atoms with Gasteiger partial charge in [-0.3, -0.25) is 14.9 Å². The number of rotatable bonds is 3. The highest BCUT2D eigenvalue weighted by molar-refractivity contribution is 7.89. The Labute approximate surface area is 106 Å². The maximum Gasteiger partial charge on any atom is 0.371 e. The number of nitrogens with zero attached hydrogens (tertiary/aromatic N) is 1. The minimum Gasteiger partial charge on any atom is -0.475 e. The van der Waals surface area contributed by atoms with Gasteiger partial charge in [-0.2, -0.15) is 4.31 Å². The molecule has 1 saturated heterocycles. The first-order valence-corrected chi connectivity index (χ1v) is 6.40. The summed E-state index contributed by atoms with van der Waals surface area (Å²) in [6, 6.07) is 1.93. The summed E-state index contributed by atoms with van der Waals surface area (Å²) in [5, 5.41) is 9.95. The molecule has 0 radical (unpaired) electrons. The molecule has 2 N–H and O–H groups in total. The third kappa shape index (κ3) is 2.48. The lowest BCUT2D eigenvalue weighted by molar-refractivity contribution is -0.134. The maximum atomic E-state index is 12.0. The van der Waals surface area contributed by atoms with Crippen LogP contribution in [0.2, 0.25) is 0 Å². The van der Waals surface area contributed by atoms with Crippen molar-refractivity contribution in [2.45, 2.75) is 5.09 Å². The second kappa shape index (κ2) is 4.48. The zero-order chi connectivity index (χ0) is 14.2. The second-order valence-electron chi connectivity index (χ2n) is 3.67. The van der Waals surface area contributed by atoms with Gasteiger partial charge in [0.05, 0.1) is 13.1 Å². The molecule has 0 aromatic carbocycles. The highest BCUT2D eigenvalue weighted by Crippen LogP contribution is 2.19. The molecule has 9 nitrogen and oxygen atoms in total. The molecule has 0 aliphatic carbocycles. The highest BCUT2D eigenvalue weighted by Gasteiger charge is 2.35.